The summed E-state index contributed by atoms with van der Waals surface area (Å²) in [6.45, 7) is 2.49. The van der Waals surface area contributed by atoms with E-state index in [2.05, 4.69) is 10.4 Å². The standard InChI is InChI=1S/C25H21ClF3N3O4/c1-2-35-22-12-17(8-11-21(22)36-15-16-6-9-19(26)10-7-16)14-30-32-24(34)23(33)31-20-5-3-4-18(13-20)25(27,28)29/h3-14H,2,15H2,1H3,(H,31,33)(H,32,34)/b30-14-. The number of halogens is 4. The van der Waals surface area contributed by atoms with Crippen LogP contribution in [0.25, 0.3) is 0 Å². The number of hydrogen-bond donors (Lipinski definition) is 2. The summed E-state index contributed by atoms with van der Waals surface area (Å²) in [6, 6.07) is 16.1. The van der Waals surface area contributed by atoms with Gasteiger partial charge >= 0.3 is 18.0 Å². The van der Waals surface area contributed by atoms with Gasteiger partial charge in [-0.15, -0.1) is 0 Å². The Balaban J connectivity index is 1.59. The summed E-state index contributed by atoms with van der Waals surface area (Å²) in [4.78, 5) is 24.0. The van der Waals surface area contributed by atoms with E-state index in [1.54, 1.807) is 30.3 Å². The lowest BCUT2D eigenvalue weighted by atomic mass is 10.2. The summed E-state index contributed by atoms with van der Waals surface area (Å²) >= 11 is 5.89. The van der Waals surface area contributed by atoms with E-state index in [0.29, 0.717) is 35.3 Å². The van der Waals surface area contributed by atoms with E-state index in [4.69, 9.17) is 21.1 Å². The van der Waals surface area contributed by atoms with E-state index < -0.39 is 23.6 Å². The molecule has 0 fully saturated rings. The number of ether oxygens (including phenoxy) is 2. The maximum absolute atomic E-state index is 12.8. The number of anilines is 1. The number of hydrogen-bond acceptors (Lipinski definition) is 5. The number of carbonyl (C=O) groups is 2. The fourth-order valence-corrected chi connectivity index (χ4v) is 3.04. The molecule has 0 bridgehead atoms. The number of rotatable bonds is 8. The Morgan fingerprint density at radius 1 is 0.972 bits per heavy atom. The van der Waals surface area contributed by atoms with Gasteiger partial charge in [0.05, 0.1) is 18.4 Å². The lowest BCUT2D eigenvalue weighted by Gasteiger charge is -2.12. The average Bonchev–Trinajstić information content (AvgIpc) is 2.84. The molecule has 0 spiro atoms. The van der Waals surface area contributed by atoms with Crippen LogP contribution >= 0.6 is 11.6 Å². The molecule has 0 saturated carbocycles. The fourth-order valence-electron chi connectivity index (χ4n) is 2.91. The van der Waals surface area contributed by atoms with Crippen molar-refractivity contribution in [2.24, 2.45) is 5.10 Å². The molecule has 0 unspecified atom stereocenters. The summed E-state index contributed by atoms with van der Waals surface area (Å²) in [7, 11) is 0. The summed E-state index contributed by atoms with van der Waals surface area (Å²) in [5, 5.41) is 6.44. The first-order valence-electron chi connectivity index (χ1n) is 10.6. The second-order valence-electron chi connectivity index (χ2n) is 7.29. The lowest BCUT2D eigenvalue weighted by Crippen LogP contribution is -2.32. The SMILES string of the molecule is CCOc1cc(/C=N\NC(=O)C(=O)Nc2cccc(C(F)(F)F)c2)ccc1OCc1ccc(Cl)cc1. The zero-order chi connectivity index (χ0) is 26.1. The minimum absolute atomic E-state index is 0.176. The molecule has 36 heavy (non-hydrogen) atoms. The summed E-state index contributed by atoms with van der Waals surface area (Å²) < 4.78 is 49.8. The molecule has 0 saturated heterocycles. The zero-order valence-electron chi connectivity index (χ0n) is 18.9. The first-order chi connectivity index (χ1) is 17.2. The van der Waals surface area contributed by atoms with Crippen molar-refractivity contribution in [2.45, 2.75) is 19.7 Å². The third-order valence-electron chi connectivity index (χ3n) is 4.61. The van der Waals surface area contributed by atoms with Gasteiger partial charge < -0.3 is 14.8 Å². The molecular formula is C25H21ClF3N3O4. The predicted molar refractivity (Wildman–Crippen MR) is 129 cm³/mol. The molecule has 3 aromatic rings. The largest absolute Gasteiger partial charge is 0.490 e. The van der Waals surface area contributed by atoms with Gasteiger partial charge in [-0.1, -0.05) is 29.8 Å². The van der Waals surface area contributed by atoms with Gasteiger partial charge in [-0.2, -0.15) is 18.3 Å². The van der Waals surface area contributed by atoms with Crippen molar-refractivity contribution in [3.05, 3.63) is 88.4 Å². The van der Waals surface area contributed by atoms with Crippen LogP contribution in [0.4, 0.5) is 18.9 Å². The van der Waals surface area contributed by atoms with Crippen LogP contribution in [0.15, 0.2) is 71.8 Å². The smallest absolute Gasteiger partial charge is 0.416 e. The van der Waals surface area contributed by atoms with Crippen LogP contribution in [0.2, 0.25) is 5.02 Å². The minimum Gasteiger partial charge on any atom is -0.490 e. The van der Waals surface area contributed by atoms with Crippen LogP contribution in [-0.4, -0.2) is 24.6 Å². The van der Waals surface area contributed by atoms with Gasteiger partial charge in [0.1, 0.15) is 6.61 Å². The number of nitrogens with one attached hydrogen (secondary N) is 2. The van der Waals surface area contributed by atoms with E-state index in [9.17, 15) is 22.8 Å². The average molecular weight is 520 g/mol. The maximum Gasteiger partial charge on any atom is 0.416 e. The fraction of sp³-hybridized carbons (Fsp3) is 0.160. The Morgan fingerprint density at radius 3 is 2.42 bits per heavy atom. The quantitative estimate of drug-likeness (QED) is 0.236. The van der Waals surface area contributed by atoms with Crippen molar-refractivity contribution in [1.82, 2.24) is 5.43 Å². The molecule has 2 N–H and O–H groups in total. The Kier molecular flexibility index (Phi) is 8.91. The van der Waals surface area contributed by atoms with Gasteiger partial charge in [-0.3, -0.25) is 9.59 Å². The maximum atomic E-state index is 12.8. The molecule has 7 nitrogen and oxygen atoms in total. The normalized spacial score (nSPS) is 11.2. The number of nitrogens with zero attached hydrogens (tertiary/aromatic N) is 1. The van der Waals surface area contributed by atoms with Gasteiger partial charge in [0.25, 0.3) is 0 Å². The molecule has 0 radical (unpaired) electrons. The monoisotopic (exact) mass is 519 g/mol. The highest BCUT2D eigenvalue weighted by atomic mass is 35.5. The number of benzene rings is 3. The molecule has 188 valence electrons. The second-order valence-corrected chi connectivity index (χ2v) is 7.72. The molecule has 0 aromatic heterocycles. The van der Waals surface area contributed by atoms with Crippen LogP contribution in [0.3, 0.4) is 0 Å². The number of hydrazone groups is 1. The second kappa shape index (κ2) is 12.1. The van der Waals surface area contributed by atoms with Crippen LogP contribution in [-0.2, 0) is 22.4 Å². The third kappa shape index (κ3) is 7.74. The van der Waals surface area contributed by atoms with Gasteiger partial charge in [0, 0.05) is 10.7 Å². The molecule has 11 heteroatoms. The highest BCUT2D eigenvalue weighted by Gasteiger charge is 2.30. The van der Waals surface area contributed by atoms with Crippen LogP contribution in [0, 0.1) is 0 Å². The number of amides is 2. The van der Waals surface area contributed by atoms with Crippen molar-refractivity contribution >= 4 is 35.3 Å². The Morgan fingerprint density at radius 2 is 1.72 bits per heavy atom. The minimum atomic E-state index is -4.58. The van der Waals surface area contributed by atoms with E-state index in [1.165, 1.54) is 12.3 Å². The van der Waals surface area contributed by atoms with E-state index >= 15 is 0 Å². The summed E-state index contributed by atoms with van der Waals surface area (Å²) in [6.07, 6.45) is -3.30. The molecule has 3 aromatic carbocycles. The van der Waals surface area contributed by atoms with E-state index in [0.717, 1.165) is 23.8 Å². The molecule has 0 aliphatic carbocycles. The first kappa shape index (κ1) is 26.6. The van der Waals surface area contributed by atoms with Crippen molar-refractivity contribution in [3.8, 4) is 11.5 Å². The van der Waals surface area contributed by atoms with Crippen molar-refractivity contribution < 1.29 is 32.2 Å². The number of alkyl halides is 3. The molecular weight excluding hydrogens is 499 g/mol. The van der Waals surface area contributed by atoms with Crippen molar-refractivity contribution in [2.75, 3.05) is 11.9 Å². The third-order valence-corrected chi connectivity index (χ3v) is 4.86. The molecule has 0 aliphatic rings. The summed E-state index contributed by atoms with van der Waals surface area (Å²) in [5.74, 6) is -1.39. The Hall–Kier alpha value is -4.05. The number of carbonyl (C=O) groups excluding carboxylic acids is 2. The highest BCUT2D eigenvalue weighted by Crippen LogP contribution is 2.31. The molecule has 0 aliphatic heterocycles. The predicted octanol–water partition coefficient (Wildman–Crippen LogP) is 5.43. The van der Waals surface area contributed by atoms with Crippen molar-refractivity contribution in [1.29, 1.82) is 0 Å². The van der Waals surface area contributed by atoms with Crippen LogP contribution in [0.1, 0.15) is 23.6 Å². The van der Waals surface area contributed by atoms with E-state index in [1.807, 2.05) is 24.5 Å². The van der Waals surface area contributed by atoms with Gasteiger partial charge in [-0.25, -0.2) is 5.43 Å². The van der Waals surface area contributed by atoms with Crippen LogP contribution < -0.4 is 20.2 Å². The summed E-state index contributed by atoms with van der Waals surface area (Å²) in [5.41, 5.74) is 2.35. The van der Waals surface area contributed by atoms with Gasteiger partial charge in [-0.05, 0) is 66.6 Å². The van der Waals surface area contributed by atoms with Crippen LogP contribution in [0.5, 0.6) is 11.5 Å². The molecule has 2 amide bonds. The Labute approximate surface area is 209 Å². The van der Waals surface area contributed by atoms with Gasteiger partial charge in [0.2, 0.25) is 0 Å². The van der Waals surface area contributed by atoms with Gasteiger partial charge in [0.15, 0.2) is 11.5 Å². The molecule has 3 rings (SSSR count). The lowest BCUT2D eigenvalue weighted by molar-refractivity contribution is -0.137. The molecule has 0 heterocycles. The molecule has 0 atom stereocenters. The highest BCUT2D eigenvalue weighted by molar-refractivity contribution is 6.39. The topological polar surface area (TPSA) is 89.0 Å². The van der Waals surface area contributed by atoms with E-state index in [-0.39, 0.29) is 5.69 Å². The first-order valence-corrected chi connectivity index (χ1v) is 11.0. The zero-order valence-corrected chi connectivity index (χ0v) is 19.7. The van der Waals surface area contributed by atoms with Crippen molar-refractivity contribution in [3.63, 3.8) is 0 Å². The Bertz CT molecular complexity index is 1250.